The third-order valence-electron chi connectivity index (χ3n) is 3.47. The van der Waals surface area contributed by atoms with E-state index in [1.807, 2.05) is 20.8 Å². The number of rotatable bonds is 4. The quantitative estimate of drug-likeness (QED) is 0.775. The second-order valence-electron chi connectivity index (χ2n) is 6.59. The second kappa shape index (κ2) is 7.70. The van der Waals surface area contributed by atoms with Gasteiger partial charge in [0, 0.05) is 22.4 Å². The number of halogens is 1. The fourth-order valence-electron chi connectivity index (χ4n) is 2.00. The first kappa shape index (κ1) is 19.0. The smallest absolute Gasteiger partial charge is 0.255 e. The Bertz CT molecular complexity index is 797. The molecule has 2 aromatic rings. The predicted molar refractivity (Wildman–Crippen MR) is 103 cm³/mol. The van der Waals surface area contributed by atoms with Crippen LogP contribution in [0.4, 0.5) is 11.4 Å². The lowest BCUT2D eigenvalue weighted by atomic mass is 9.95. The van der Waals surface area contributed by atoms with Crippen molar-refractivity contribution in [1.82, 2.24) is 0 Å². The van der Waals surface area contributed by atoms with Gasteiger partial charge in [0.25, 0.3) is 5.91 Å². The van der Waals surface area contributed by atoms with Crippen LogP contribution in [0.3, 0.4) is 0 Å². The topological polar surface area (TPSA) is 67.4 Å². The molecule has 0 aliphatic heterocycles. The van der Waals surface area contributed by atoms with Gasteiger partial charge in [0.1, 0.15) is 5.75 Å². The summed E-state index contributed by atoms with van der Waals surface area (Å²) in [5.41, 5.74) is 1.24. The van der Waals surface area contributed by atoms with E-state index in [-0.39, 0.29) is 11.8 Å². The van der Waals surface area contributed by atoms with Crippen LogP contribution in [0.1, 0.15) is 31.1 Å². The molecule has 0 heterocycles. The molecule has 2 N–H and O–H groups in total. The Labute approximate surface area is 155 Å². The van der Waals surface area contributed by atoms with E-state index < -0.39 is 5.41 Å². The third kappa shape index (κ3) is 5.06. The molecule has 25 heavy (non-hydrogen) atoms. The molecule has 2 aromatic carbocycles. The number of nitrogens with one attached hydrogen (secondary N) is 2. The van der Waals surface area contributed by atoms with E-state index in [2.05, 4.69) is 26.6 Å². The van der Waals surface area contributed by atoms with Crippen molar-refractivity contribution in [3.05, 3.63) is 52.5 Å². The molecule has 0 aromatic heterocycles. The first-order chi connectivity index (χ1) is 11.7. The maximum atomic E-state index is 12.4. The molecular weight excluding hydrogens is 384 g/mol. The maximum absolute atomic E-state index is 12.4. The minimum atomic E-state index is -0.491. The minimum Gasteiger partial charge on any atom is -0.496 e. The number of benzene rings is 2. The molecule has 2 amide bonds. The van der Waals surface area contributed by atoms with Crippen molar-refractivity contribution in [3.8, 4) is 5.75 Å². The minimum absolute atomic E-state index is 0.0879. The highest BCUT2D eigenvalue weighted by Gasteiger charge is 2.21. The molecule has 6 heteroatoms. The summed E-state index contributed by atoms with van der Waals surface area (Å²) in [5, 5.41) is 5.67. The van der Waals surface area contributed by atoms with Gasteiger partial charge in [0.15, 0.2) is 0 Å². The van der Waals surface area contributed by atoms with Crippen LogP contribution < -0.4 is 15.4 Å². The Morgan fingerprint density at radius 3 is 2.20 bits per heavy atom. The molecule has 0 fully saturated rings. The second-order valence-corrected chi connectivity index (χ2v) is 7.44. The lowest BCUT2D eigenvalue weighted by Crippen LogP contribution is -2.27. The van der Waals surface area contributed by atoms with Crippen molar-refractivity contribution in [3.63, 3.8) is 0 Å². The van der Waals surface area contributed by atoms with Crippen molar-refractivity contribution < 1.29 is 14.3 Å². The summed E-state index contributed by atoms with van der Waals surface area (Å²) in [6.07, 6.45) is 0. The van der Waals surface area contributed by atoms with Crippen molar-refractivity contribution in [2.75, 3.05) is 17.7 Å². The summed E-state index contributed by atoms with van der Waals surface area (Å²) in [6, 6.07) is 12.1. The van der Waals surface area contributed by atoms with Crippen LogP contribution in [0.15, 0.2) is 46.9 Å². The highest BCUT2D eigenvalue weighted by Crippen LogP contribution is 2.26. The number of hydrogen-bond acceptors (Lipinski definition) is 3. The highest BCUT2D eigenvalue weighted by atomic mass is 79.9. The molecule has 5 nitrogen and oxygen atoms in total. The average molecular weight is 405 g/mol. The summed E-state index contributed by atoms with van der Waals surface area (Å²) >= 11 is 3.37. The Morgan fingerprint density at radius 2 is 1.64 bits per heavy atom. The highest BCUT2D eigenvalue weighted by molar-refractivity contribution is 9.10. The van der Waals surface area contributed by atoms with Crippen molar-refractivity contribution >= 4 is 39.1 Å². The summed E-state index contributed by atoms with van der Waals surface area (Å²) in [6.45, 7) is 5.53. The van der Waals surface area contributed by atoms with Crippen molar-refractivity contribution in [1.29, 1.82) is 0 Å². The normalized spacial score (nSPS) is 10.9. The van der Waals surface area contributed by atoms with E-state index >= 15 is 0 Å². The fourth-order valence-corrected chi connectivity index (χ4v) is 2.54. The van der Waals surface area contributed by atoms with Gasteiger partial charge < -0.3 is 15.4 Å². The third-order valence-corrected chi connectivity index (χ3v) is 4.09. The summed E-state index contributed by atoms with van der Waals surface area (Å²) in [5.74, 6) is 0.321. The fraction of sp³-hybridized carbons (Fsp3) is 0.263. The number of carbonyl (C=O) groups is 2. The first-order valence-corrected chi connectivity index (χ1v) is 8.56. The molecule has 132 valence electrons. The van der Waals surface area contributed by atoms with Crippen LogP contribution in [0.5, 0.6) is 5.75 Å². The van der Waals surface area contributed by atoms with Gasteiger partial charge in [-0.1, -0.05) is 26.8 Å². The van der Waals surface area contributed by atoms with Gasteiger partial charge in [0.2, 0.25) is 5.91 Å². The van der Waals surface area contributed by atoms with Gasteiger partial charge in [0.05, 0.1) is 11.6 Å². The van der Waals surface area contributed by atoms with Crippen LogP contribution in [-0.2, 0) is 4.79 Å². The number of hydrogen-bond donors (Lipinski definition) is 2. The van der Waals surface area contributed by atoms with Crippen molar-refractivity contribution in [2.45, 2.75) is 20.8 Å². The molecule has 0 saturated heterocycles. The number of anilines is 2. The van der Waals surface area contributed by atoms with E-state index in [1.54, 1.807) is 49.6 Å². The molecule has 0 unspecified atom stereocenters. The van der Waals surface area contributed by atoms with Gasteiger partial charge >= 0.3 is 0 Å². The lowest BCUT2D eigenvalue weighted by Gasteiger charge is -2.18. The number of amides is 2. The number of methoxy groups -OCH3 is 1. The molecule has 0 aliphatic rings. The largest absolute Gasteiger partial charge is 0.496 e. The Balaban J connectivity index is 2.12. The van der Waals surface area contributed by atoms with Crippen LogP contribution in [-0.4, -0.2) is 18.9 Å². The summed E-state index contributed by atoms with van der Waals surface area (Å²) in [4.78, 5) is 24.5. The van der Waals surface area contributed by atoms with Crippen LogP contribution in [0.2, 0.25) is 0 Å². The van der Waals surface area contributed by atoms with Gasteiger partial charge in [-0.05, 0) is 52.3 Å². The lowest BCUT2D eigenvalue weighted by molar-refractivity contribution is -0.123. The molecule has 2 rings (SSSR count). The van der Waals surface area contributed by atoms with Gasteiger partial charge in [-0.2, -0.15) is 0 Å². The molecule has 0 atom stereocenters. The molecule has 0 radical (unpaired) electrons. The first-order valence-electron chi connectivity index (χ1n) is 7.77. The molecule has 0 spiro atoms. The number of carbonyl (C=O) groups excluding carboxylic acids is 2. The molecule has 0 bridgehead atoms. The van der Waals surface area contributed by atoms with E-state index in [0.29, 0.717) is 27.2 Å². The average Bonchev–Trinajstić information content (AvgIpc) is 2.54. The zero-order valence-electron chi connectivity index (χ0n) is 14.6. The standard InChI is InChI=1S/C19H21BrN2O3/c1-19(2,3)18(24)22-14-7-5-6-13(11-14)21-17(23)12-8-9-16(25-4)15(20)10-12/h5-11H,1-4H3,(H,21,23)(H,22,24). The molecule has 0 saturated carbocycles. The van der Waals surface area contributed by atoms with E-state index in [4.69, 9.17) is 4.74 Å². The van der Waals surface area contributed by atoms with Gasteiger partial charge in [-0.3, -0.25) is 9.59 Å². The zero-order chi connectivity index (χ0) is 18.6. The summed E-state index contributed by atoms with van der Waals surface area (Å²) in [7, 11) is 1.57. The SMILES string of the molecule is COc1ccc(C(=O)Nc2cccc(NC(=O)C(C)(C)C)c2)cc1Br. The van der Waals surface area contributed by atoms with E-state index in [9.17, 15) is 9.59 Å². The Morgan fingerprint density at radius 1 is 1.00 bits per heavy atom. The van der Waals surface area contributed by atoms with E-state index in [0.717, 1.165) is 0 Å². The van der Waals surface area contributed by atoms with Gasteiger partial charge in [-0.25, -0.2) is 0 Å². The van der Waals surface area contributed by atoms with Gasteiger partial charge in [-0.15, -0.1) is 0 Å². The summed E-state index contributed by atoms with van der Waals surface area (Å²) < 4.78 is 5.86. The van der Waals surface area contributed by atoms with E-state index in [1.165, 1.54) is 0 Å². The Hall–Kier alpha value is -2.34. The Kier molecular flexibility index (Phi) is 5.85. The van der Waals surface area contributed by atoms with Crippen LogP contribution in [0.25, 0.3) is 0 Å². The zero-order valence-corrected chi connectivity index (χ0v) is 16.2. The predicted octanol–water partition coefficient (Wildman–Crippen LogP) is 4.69. The van der Waals surface area contributed by atoms with Crippen LogP contribution in [0, 0.1) is 5.41 Å². The number of ether oxygens (including phenoxy) is 1. The maximum Gasteiger partial charge on any atom is 0.255 e. The molecular formula is C19H21BrN2O3. The van der Waals surface area contributed by atoms with Crippen molar-refractivity contribution in [2.24, 2.45) is 5.41 Å². The monoisotopic (exact) mass is 404 g/mol. The van der Waals surface area contributed by atoms with Crippen LogP contribution >= 0.6 is 15.9 Å². The molecule has 0 aliphatic carbocycles.